The molecule has 0 bridgehead atoms. The zero-order valence-electron chi connectivity index (χ0n) is 6.82. The lowest BCUT2D eigenvalue weighted by atomic mass is 9.93. The Hall–Kier alpha value is -0.630. The van der Waals surface area contributed by atoms with Crippen LogP contribution in [0.25, 0.3) is 0 Å². The minimum Gasteiger partial charge on any atom is -0.374 e. The van der Waals surface area contributed by atoms with Gasteiger partial charge in [-0.3, -0.25) is 0 Å². The maximum absolute atomic E-state index is 10.5. The van der Waals surface area contributed by atoms with Gasteiger partial charge in [-0.15, -0.1) is 0 Å². The Kier molecular flexibility index (Phi) is 3.30. The Morgan fingerprint density at radius 3 is 3.18 bits per heavy atom. The number of aldehydes is 1. The van der Waals surface area contributed by atoms with Gasteiger partial charge in [-0.2, -0.15) is 0 Å². The number of hydrogen-bond donors (Lipinski definition) is 0. The van der Waals surface area contributed by atoms with Crippen molar-refractivity contribution in [1.29, 1.82) is 0 Å². The summed E-state index contributed by atoms with van der Waals surface area (Å²) in [6.45, 7) is 2.63. The average Bonchev–Trinajstić information content (AvgIpc) is 2.06. The summed E-state index contributed by atoms with van der Waals surface area (Å²) >= 11 is 0. The molecule has 0 aromatic carbocycles. The molecular weight excluding hydrogens is 140 g/mol. The highest BCUT2D eigenvalue weighted by Crippen LogP contribution is 2.19. The third-order valence-electron chi connectivity index (χ3n) is 1.95. The molecule has 0 spiro atoms. The molecule has 0 aromatic rings. The van der Waals surface area contributed by atoms with Gasteiger partial charge in [-0.05, 0) is 19.8 Å². The number of carbonyl (C=O) groups excluding carboxylic acids is 1. The van der Waals surface area contributed by atoms with Crippen molar-refractivity contribution in [2.45, 2.75) is 25.9 Å². The molecule has 1 rings (SSSR count). The van der Waals surface area contributed by atoms with Crippen molar-refractivity contribution in [2.24, 2.45) is 5.92 Å². The molecule has 0 heterocycles. The van der Waals surface area contributed by atoms with E-state index in [4.69, 9.17) is 4.74 Å². The lowest BCUT2D eigenvalue weighted by Crippen LogP contribution is -2.25. The monoisotopic (exact) mass is 154 g/mol. The van der Waals surface area contributed by atoms with Crippen LogP contribution in [-0.4, -0.2) is 19.0 Å². The van der Waals surface area contributed by atoms with E-state index in [2.05, 4.69) is 6.08 Å². The zero-order chi connectivity index (χ0) is 8.10. The number of carbonyl (C=O) groups is 1. The Labute approximate surface area is 67.2 Å². The minimum absolute atomic E-state index is 0.0336. The fourth-order valence-corrected chi connectivity index (χ4v) is 1.34. The first-order chi connectivity index (χ1) is 5.38. The highest BCUT2D eigenvalue weighted by atomic mass is 16.5. The largest absolute Gasteiger partial charge is 0.374 e. The second kappa shape index (κ2) is 4.29. The SMILES string of the molecule is CCOC1C=CCCC1C=O. The predicted octanol–water partition coefficient (Wildman–Crippen LogP) is 1.56. The molecule has 1 aliphatic carbocycles. The fraction of sp³-hybridized carbons (Fsp3) is 0.667. The topological polar surface area (TPSA) is 26.3 Å². The molecule has 1 aliphatic rings. The van der Waals surface area contributed by atoms with E-state index in [0.29, 0.717) is 6.61 Å². The van der Waals surface area contributed by atoms with Crippen molar-refractivity contribution >= 4 is 6.29 Å². The summed E-state index contributed by atoms with van der Waals surface area (Å²) in [4.78, 5) is 10.5. The van der Waals surface area contributed by atoms with E-state index >= 15 is 0 Å². The van der Waals surface area contributed by atoms with Crippen LogP contribution < -0.4 is 0 Å². The van der Waals surface area contributed by atoms with E-state index in [0.717, 1.165) is 19.1 Å². The van der Waals surface area contributed by atoms with Crippen LogP contribution in [0.1, 0.15) is 19.8 Å². The van der Waals surface area contributed by atoms with Crippen molar-refractivity contribution in [3.05, 3.63) is 12.2 Å². The molecule has 0 aliphatic heterocycles. The molecule has 0 radical (unpaired) electrons. The Bertz CT molecular complexity index is 152. The quantitative estimate of drug-likeness (QED) is 0.455. The second-order valence-corrected chi connectivity index (χ2v) is 2.73. The van der Waals surface area contributed by atoms with E-state index in [9.17, 15) is 4.79 Å². The summed E-state index contributed by atoms with van der Waals surface area (Å²) in [6, 6.07) is 0. The normalized spacial score (nSPS) is 30.3. The molecule has 2 atom stereocenters. The Morgan fingerprint density at radius 2 is 2.55 bits per heavy atom. The van der Waals surface area contributed by atoms with Gasteiger partial charge in [0.15, 0.2) is 0 Å². The van der Waals surface area contributed by atoms with Gasteiger partial charge >= 0.3 is 0 Å². The summed E-state index contributed by atoms with van der Waals surface area (Å²) in [5.74, 6) is 0.0833. The van der Waals surface area contributed by atoms with Crippen LogP contribution in [0.15, 0.2) is 12.2 Å². The highest BCUT2D eigenvalue weighted by Gasteiger charge is 2.20. The fourth-order valence-electron chi connectivity index (χ4n) is 1.34. The predicted molar refractivity (Wildman–Crippen MR) is 43.3 cm³/mol. The molecule has 11 heavy (non-hydrogen) atoms. The lowest BCUT2D eigenvalue weighted by molar-refractivity contribution is -0.115. The molecule has 0 N–H and O–H groups in total. The van der Waals surface area contributed by atoms with Crippen molar-refractivity contribution in [1.82, 2.24) is 0 Å². The van der Waals surface area contributed by atoms with Crippen molar-refractivity contribution in [3.63, 3.8) is 0 Å². The molecular formula is C9H14O2. The third kappa shape index (κ3) is 2.15. The van der Waals surface area contributed by atoms with E-state index < -0.39 is 0 Å². The Balaban J connectivity index is 2.49. The van der Waals surface area contributed by atoms with Crippen LogP contribution >= 0.6 is 0 Å². The van der Waals surface area contributed by atoms with Gasteiger partial charge in [-0.25, -0.2) is 0 Å². The summed E-state index contributed by atoms with van der Waals surface area (Å²) in [7, 11) is 0. The van der Waals surface area contributed by atoms with E-state index in [1.807, 2.05) is 13.0 Å². The lowest BCUT2D eigenvalue weighted by Gasteiger charge is -2.22. The van der Waals surface area contributed by atoms with Crippen molar-refractivity contribution in [3.8, 4) is 0 Å². The molecule has 0 fully saturated rings. The van der Waals surface area contributed by atoms with Gasteiger partial charge in [0.25, 0.3) is 0 Å². The van der Waals surface area contributed by atoms with Crippen LogP contribution in [0.4, 0.5) is 0 Å². The Morgan fingerprint density at radius 1 is 1.73 bits per heavy atom. The maximum atomic E-state index is 10.5. The van der Waals surface area contributed by atoms with Crippen LogP contribution in [-0.2, 0) is 9.53 Å². The van der Waals surface area contributed by atoms with Gasteiger partial charge < -0.3 is 9.53 Å². The molecule has 62 valence electrons. The van der Waals surface area contributed by atoms with Crippen molar-refractivity contribution < 1.29 is 9.53 Å². The molecule has 2 nitrogen and oxygen atoms in total. The van der Waals surface area contributed by atoms with Crippen LogP contribution in [0.2, 0.25) is 0 Å². The van der Waals surface area contributed by atoms with E-state index in [1.54, 1.807) is 0 Å². The van der Waals surface area contributed by atoms with Crippen LogP contribution in [0.3, 0.4) is 0 Å². The van der Waals surface area contributed by atoms with Crippen LogP contribution in [0.5, 0.6) is 0 Å². The minimum atomic E-state index is 0.0336. The van der Waals surface area contributed by atoms with Crippen LogP contribution in [0, 0.1) is 5.92 Å². The van der Waals surface area contributed by atoms with Gasteiger partial charge in [-0.1, -0.05) is 12.2 Å². The first-order valence-corrected chi connectivity index (χ1v) is 4.12. The summed E-state index contributed by atoms with van der Waals surface area (Å²) in [5, 5.41) is 0. The molecule has 0 saturated heterocycles. The molecule has 2 unspecified atom stereocenters. The van der Waals surface area contributed by atoms with Gasteiger partial charge in [0.1, 0.15) is 6.29 Å². The van der Waals surface area contributed by atoms with Gasteiger partial charge in [0.05, 0.1) is 6.10 Å². The first-order valence-electron chi connectivity index (χ1n) is 4.12. The smallest absolute Gasteiger partial charge is 0.126 e. The second-order valence-electron chi connectivity index (χ2n) is 2.73. The molecule has 0 amide bonds. The molecule has 2 heteroatoms. The number of rotatable bonds is 3. The first kappa shape index (κ1) is 8.47. The summed E-state index contributed by atoms with van der Waals surface area (Å²) in [6.07, 6.45) is 7.06. The number of ether oxygens (including phenoxy) is 1. The summed E-state index contributed by atoms with van der Waals surface area (Å²) in [5.41, 5.74) is 0. The third-order valence-corrected chi connectivity index (χ3v) is 1.95. The van der Waals surface area contributed by atoms with Crippen molar-refractivity contribution in [2.75, 3.05) is 6.61 Å². The molecule has 0 saturated carbocycles. The average molecular weight is 154 g/mol. The highest BCUT2D eigenvalue weighted by molar-refractivity contribution is 5.55. The van der Waals surface area contributed by atoms with Gasteiger partial charge in [0.2, 0.25) is 0 Å². The van der Waals surface area contributed by atoms with E-state index in [1.165, 1.54) is 0 Å². The zero-order valence-corrected chi connectivity index (χ0v) is 6.82. The summed E-state index contributed by atoms with van der Waals surface area (Å²) < 4.78 is 5.37. The maximum Gasteiger partial charge on any atom is 0.126 e. The van der Waals surface area contributed by atoms with Gasteiger partial charge in [0, 0.05) is 12.5 Å². The standard InChI is InChI=1S/C9H14O2/c1-2-11-9-6-4-3-5-8(9)7-10/h4,6-9H,2-3,5H2,1H3. The number of allylic oxidation sites excluding steroid dienone is 1. The number of hydrogen-bond acceptors (Lipinski definition) is 2. The van der Waals surface area contributed by atoms with E-state index in [-0.39, 0.29) is 12.0 Å². The molecule has 0 aromatic heterocycles.